The summed E-state index contributed by atoms with van der Waals surface area (Å²) >= 11 is 1.66. The Morgan fingerprint density at radius 1 is 1.28 bits per heavy atom. The van der Waals surface area contributed by atoms with Gasteiger partial charge in [0, 0.05) is 10.4 Å². The number of nitrogens with one attached hydrogen (secondary N) is 1. The van der Waals surface area contributed by atoms with Crippen LogP contribution < -0.4 is 5.32 Å². The molecule has 2 rings (SSSR count). The third-order valence-electron chi connectivity index (χ3n) is 2.96. The third kappa shape index (κ3) is 2.79. The lowest BCUT2D eigenvalue weighted by Gasteiger charge is -2.14. The van der Waals surface area contributed by atoms with Crippen LogP contribution in [0.25, 0.3) is 0 Å². The van der Waals surface area contributed by atoms with Crippen LogP contribution in [0.2, 0.25) is 0 Å². The molecular formula is C15H17NOS. The van der Waals surface area contributed by atoms with Crippen LogP contribution >= 0.6 is 11.3 Å². The molecule has 1 N–H and O–H groups in total. The highest BCUT2D eigenvalue weighted by Gasteiger charge is 2.13. The van der Waals surface area contributed by atoms with Gasteiger partial charge in [0.05, 0.1) is 6.04 Å². The zero-order chi connectivity index (χ0) is 13.1. The lowest BCUT2D eigenvalue weighted by Crippen LogP contribution is -2.26. The fraction of sp³-hybridized carbons (Fsp3) is 0.267. The molecule has 0 bridgehead atoms. The van der Waals surface area contributed by atoms with E-state index in [2.05, 4.69) is 5.32 Å². The van der Waals surface area contributed by atoms with Crippen LogP contribution in [-0.2, 0) is 0 Å². The van der Waals surface area contributed by atoms with E-state index in [9.17, 15) is 4.79 Å². The first-order valence-electron chi connectivity index (χ1n) is 5.99. The molecule has 0 fully saturated rings. The van der Waals surface area contributed by atoms with Crippen molar-refractivity contribution >= 4 is 17.2 Å². The second kappa shape index (κ2) is 5.36. The van der Waals surface area contributed by atoms with Crippen molar-refractivity contribution in [2.75, 3.05) is 0 Å². The minimum absolute atomic E-state index is 0.00269. The van der Waals surface area contributed by atoms with Crippen molar-refractivity contribution in [3.05, 3.63) is 57.3 Å². The van der Waals surface area contributed by atoms with Crippen LogP contribution in [-0.4, -0.2) is 5.91 Å². The predicted molar refractivity (Wildman–Crippen MR) is 76.1 cm³/mol. The van der Waals surface area contributed by atoms with Crippen molar-refractivity contribution in [2.45, 2.75) is 26.8 Å². The second-order valence-electron chi connectivity index (χ2n) is 4.53. The quantitative estimate of drug-likeness (QED) is 0.891. The maximum Gasteiger partial charge on any atom is 0.252 e. The minimum atomic E-state index is -0.00269. The highest BCUT2D eigenvalue weighted by molar-refractivity contribution is 7.10. The number of amides is 1. The van der Waals surface area contributed by atoms with Gasteiger partial charge in [-0.05, 0) is 43.8 Å². The van der Waals surface area contributed by atoms with Gasteiger partial charge in [-0.2, -0.15) is 0 Å². The molecule has 94 valence electrons. The third-order valence-corrected chi connectivity index (χ3v) is 4.01. The zero-order valence-electron chi connectivity index (χ0n) is 10.9. The largest absolute Gasteiger partial charge is 0.345 e. The second-order valence-corrected chi connectivity index (χ2v) is 5.51. The molecule has 1 amide bonds. The number of aryl methyl sites for hydroxylation is 2. The summed E-state index contributed by atoms with van der Waals surface area (Å²) in [7, 11) is 0. The molecule has 3 heteroatoms. The van der Waals surface area contributed by atoms with E-state index in [0.29, 0.717) is 0 Å². The van der Waals surface area contributed by atoms with E-state index in [0.717, 1.165) is 16.7 Å². The summed E-state index contributed by atoms with van der Waals surface area (Å²) in [6.07, 6.45) is 0. The average Bonchev–Trinajstić information content (AvgIpc) is 2.85. The van der Waals surface area contributed by atoms with Crippen LogP contribution in [0, 0.1) is 13.8 Å². The number of hydrogen-bond donors (Lipinski definition) is 1. The Bertz CT molecular complexity index is 546. The number of thiophene rings is 1. The number of benzene rings is 1. The molecule has 0 saturated carbocycles. The van der Waals surface area contributed by atoms with Crippen LogP contribution in [0.3, 0.4) is 0 Å². The Hall–Kier alpha value is -1.61. The zero-order valence-corrected chi connectivity index (χ0v) is 11.7. The first kappa shape index (κ1) is 12.8. The first-order valence-corrected chi connectivity index (χ1v) is 6.87. The highest BCUT2D eigenvalue weighted by Crippen LogP contribution is 2.19. The van der Waals surface area contributed by atoms with E-state index >= 15 is 0 Å². The first-order chi connectivity index (χ1) is 8.58. The van der Waals surface area contributed by atoms with Gasteiger partial charge in [0.1, 0.15) is 0 Å². The topological polar surface area (TPSA) is 29.1 Å². The predicted octanol–water partition coefficient (Wildman–Crippen LogP) is 3.86. The molecule has 0 spiro atoms. The molecule has 1 aromatic carbocycles. The molecule has 0 aliphatic heterocycles. The smallest absolute Gasteiger partial charge is 0.252 e. The van der Waals surface area contributed by atoms with Crippen molar-refractivity contribution in [3.8, 4) is 0 Å². The van der Waals surface area contributed by atoms with E-state index in [-0.39, 0.29) is 11.9 Å². The van der Waals surface area contributed by atoms with Gasteiger partial charge < -0.3 is 5.32 Å². The van der Waals surface area contributed by atoms with Gasteiger partial charge in [-0.25, -0.2) is 0 Å². The summed E-state index contributed by atoms with van der Waals surface area (Å²) < 4.78 is 0. The van der Waals surface area contributed by atoms with E-state index < -0.39 is 0 Å². The molecule has 1 atom stereocenters. The maximum atomic E-state index is 12.2. The Kier molecular flexibility index (Phi) is 3.82. The monoisotopic (exact) mass is 259 g/mol. The fourth-order valence-corrected chi connectivity index (χ4v) is 2.60. The normalized spacial score (nSPS) is 12.2. The summed E-state index contributed by atoms with van der Waals surface area (Å²) in [6, 6.07) is 10.0. The molecule has 0 saturated heterocycles. The van der Waals surface area contributed by atoms with Crippen molar-refractivity contribution in [3.63, 3.8) is 0 Å². The van der Waals surface area contributed by atoms with E-state index in [4.69, 9.17) is 0 Å². The minimum Gasteiger partial charge on any atom is -0.345 e. The van der Waals surface area contributed by atoms with Gasteiger partial charge in [-0.1, -0.05) is 23.8 Å². The summed E-state index contributed by atoms with van der Waals surface area (Å²) in [5.74, 6) is -0.00269. The summed E-state index contributed by atoms with van der Waals surface area (Å²) in [5.41, 5.74) is 2.88. The average molecular weight is 259 g/mol. The summed E-state index contributed by atoms with van der Waals surface area (Å²) in [4.78, 5) is 13.4. The van der Waals surface area contributed by atoms with Crippen molar-refractivity contribution in [2.24, 2.45) is 0 Å². The molecular weight excluding hydrogens is 242 g/mol. The Labute approximate surface area is 112 Å². The molecule has 0 radical (unpaired) electrons. The standard InChI is InChI=1S/C15H17NOS/c1-10-6-7-11(2)13(9-10)15(17)16-12(3)14-5-4-8-18-14/h4-9,12H,1-3H3,(H,16,17). The number of carbonyl (C=O) groups is 1. The molecule has 0 aliphatic rings. The molecule has 0 aliphatic carbocycles. The van der Waals surface area contributed by atoms with Gasteiger partial charge in [0.25, 0.3) is 5.91 Å². The van der Waals surface area contributed by atoms with E-state index in [1.165, 1.54) is 4.88 Å². The van der Waals surface area contributed by atoms with Crippen molar-refractivity contribution in [1.29, 1.82) is 0 Å². The van der Waals surface area contributed by atoms with Crippen LogP contribution in [0.4, 0.5) is 0 Å². The SMILES string of the molecule is Cc1ccc(C)c(C(=O)NC(C)c2cccs2)c1. The van der Waals surface area contributed by atoms with Crippen molar-refractivity contribution in [1.82, 2.24) is 5.32 Å². The van der Waals surface area contributed by atoms with Crippen LogP contribution in [0.15, 0.2) is 35.7 Å². The molecule has 18 heavy (non-hydrogen) atoms. The van der Waals surface area contributed by atoms with Gasteiger partial charge in [-0.3, -0.25) is 4.79 Å². The molecule has 2 aromatic rings. The summed E-state index contributed by atoms with van der Waals surface area (Å²) in [6.45, 7) is 5.97. The van der Waals surface area contributed by atoms with Gasteiger partial charge >= 0.3 is 0 Å². The van der Waals surface area contributed by atoms with Gasteiger partial charge in [-0.15, -0.1) is 11.3 Å². The van der Waals surface area contributed by atoms with Gasteiger partial charge in [0.15, 0.2) is 0 Å². The number of carbonyl (C=O) groups excluding carboxylic acids is 1. The number of hydrogen-bond acceptors (Lipinski definition) is 2. The van der Waals surface area contributed by atoms with E-state index in [1.54, 1.807) is 11.3 Å². The van der Waals surface area contributed by atoms with E-state index in [1.807, 2.05) is 56.5 Å². The Morgan fingerprint density at radius 3 is 2.72 bits per heavy atom. The lowest BCUT2D eigenvalue weighted by molar-refractivity contribution is 0.0940. The maximum absolute atomic E-state index is 12.2. The van der Waals surface area contributed by atoms with Crippen LogP contribution in [0.1, 0.15) is 39.3 Å². The Morgan fingerprint density at radius 2 is 2.06 bits per heavy atom. The molecule has 2 nitrogen and oxygen atoms in total. The fourth-order valence-electron chi connectivity index (χ4n) is 1.86. The van der Waals surface area contributed by atoms with Gasteiger partial charge in [0.2, 0.25) is 0 Å². The highest BCUT2D eigenvalue weighted by atomic mass is 32.1. The molecule has 1 aromatic heterocycles. The lowest BCUT2D eigenvalue weighted by atomic mass is 10.0. The molecule has 1 unspecified atom stereocenters. The van der Waals surface area contributed by atoms with Crippen LogP contribution in [0.5, 0.6) is 0 Å². The number of rotatable bonds is 3. The Balaban J connectivity index is 2.15. The molecule has 1 heterocycles. The summed E-state index contributed by atoms with van der Waals surface area (Å²) in [5, 5.41) is 5.06. The van der Waals surface area contributed by atoms with Crippen molar-refractivity contribution < 1.29 is 4.79 Å².